The molecule has 5 amide bonds. The number of guanidine groups is 1. The Morgan fingerprint density at radius 2 is 1.09 bits per heavy atom. The lowest BCUT2D eigenvalue weighted by molar-refractivity contribution is -0.142. The number of aliphatic carboxylic acids is 1. The van der Waals surface area contributed by atoms with Crippen LogP contribution in [0.1, 0.15) is 77.3 Å². The summed E-state index contributed by atoms with van der Waals surface area (Å²) in [5.41, 5.74) is 18.0. The van der Waals surface area contributed by atoms with Crippen molar-refractivity contribution in [3.8, 4) is 0 Å². The minimum Gasteiger partial charge on any atom is -0.480 e. The summed E-state index contributed by atoms with van der Waals surface area (Å²) in [6, 6.07) is 12.0. The second kappa shape index (κ2) is 24.8. The highest BCUT2D eigenvalue weighted by Gasteiger charge is 2.33. The first-order valence-electron chi connectivity index (χ1n) is 19.2. The maximum Gasteiger partial charge on any atom is 0.326 e. The van der Waals surface area contributed by atoms with Crippen LogP contribution in [-0.2, 0) is 41.6 Å². The largest absolute Gasteiger partial charge is 0.480 e. The predicted molar refractivity (Wildman–Crippen MR) is 215 cm³/mol. The van der Waals surface area contributed by atoms with Gasteiger partial charge >= 0.3 is 5.97 Å². The molecule has 308 valence electrons. The van der Waals surface area contributed by atoms with Crippen LogP contribution in [0.25, 0.3) is 0 Å². The topological polar surface area (TPSA) is 273 Å². The molecule has 12 N–H and O–H groups in total. The zero-order chi connectivity index (χ0) is 41.6. The lowest BCUT2D eigenvalue weighted by Crippen LogP contribution is -2.60. The van der Waals surface area contributed by atoms with Crippen molar-refractivity contribution in [1.82, 2.24) is 26.6 Å². The van der Waals surface area contributed by atoms with E-state index in [-0.39, 0.29) is 68.8 Å². The van der Waals surface area contributed by atoms with E-state index in [0.717, 1.165) is 0 Å². The number of benzene rings is 2. The number of nitrogens with two attached hydrogens (primary N) is 3. The molecule has 0 aliphatic carbocycles. The molecular weight excluding hydrogens is 718 g/mol. The van der Waals surface area contributed by atoms with E-state index in [9.17, 15) is 33.9 Å². The first-order chi connectivity index (χ1) is 26.6. The molecule has 0 aromatic heterocycles. The first kappa shape index (κ1) is 46.6. The standard InChI is InChI=1S/C40H61N9O7/c1-25(2)22-33(50)49-34(26(3)4)38(54)45-29(19-13-21-44-40(42)43)35(51)47-32(24-28-16-9-6-10-17-28)37(53)48-31(23-27-14-7-5-8-15-27)36(52)46-30(39(55)56)18-11-12-20-41/h5-10,14-17,25-26,29-32,34H,11-13,18-24,41H2,1-4H3,(H,45,54)(H,46,52)(H,47,51)(H,48,53)(H,49,50)(H,55,56)(H4,42,43,44)/t29-,30-,31-,32-,34-/m0/s1. The van der Waals surface area contributed by atoms with Gasteiger partial charge in [-0.25, -0.2) is 4.79 Å². The summed E-state index contributed by atoms with van der Waals surface area (Å²) < 4.78 is 0. The summed E-state index contributed by atoms with van der Waals surface area (Å²) in [7, 11) is 0. The number of carboxylic acids is 1. The maximum atomic E-state index is 14.2. The number of carboxylic acid groups (broad SMARTS) is 1. The zero-order valence-corrected chi connectivity index (χ0v) is 33.0. The Morgan fingerprint density at radius 1 is 0.625 bits per heavy atom. The second-order valence-corrected chi connectivity index (χ2v) is 14.6. The van der Waals surface area contributed by atoms with E-state index >= 15 is 0 Å². The zero-order valence-electron chi connectivity index (χ0n) is 33.0. The minimum absolute atomic E-state index is 0.0173. The van der Waals surface area contributed by atoms with Crippen molar-refractivity contribution in [2.24, 2.45) is 34.0 Å². The summed E-state index contributed by atoms with van der Waals surface area (Å²) in [5.74, 6) is -4.61. The van der Waals surface area contributed by atoms with Gasteiger partial charge in [-0.3, -0.25) is 29.0 Å². The maximum absolute atomic E-state index is 14.2. The van der Waals surface area contributed by atoms with Crippen LogP contribution in [0.5, 0.6) is 0 Å². The van der Waals surface area contributed by atoms with Crippen LogP contribution in [0.15, 0.2) is 65.7 Å². The fraction of sp³-hybridized carbons (Fsp3) is 0.525. The van der Waals surface area contributed by atoms with Gasteiger partial charge in [-0.05, 0) is 61.6 Å². The van der Waals surface area contributed by atoms with Crippen molar-refractivity contribution in [1.29, 1.82) is 0 Å². The normalized spacial score (nSPS) is 13.7. The molecule has 0 radical (unpaired) electrons. The number of unbranched alkanes of at least 4 members (excludes halogenated alkanes) is 1. The molecule has 0 heterocycles. The molecule has 0 fully saturated rings. The van der Waals surface area contributed by atoms with Crippen LogP contribution in [-0.4, -0.2) is 89.9 Å². The van der Waals surface area contributed by atoms with Crippen LogP contribution in [0, 0.1) is 11.8 Å². The Morgan fingerprint density at radius 3 is 1.54 bits per heavy atom. The van der Waals surface area contributed by atoms with E-state index < -0.39 is 59.8 Å². The molecule has 0 bridgehead atoms. The smallest absolute Gasteiger partial charge is 0.326 e. The van der Waals surface area contributed by atoms with Crippen LogP contribution in [0.4, 0.5) is 0 Å². The second-order valence-electron chi connectivity index (χ2n) is 14.6. The number of hydrogen-bond donors (Lipinski definition) is 9. The Hall–Kier alpha value is -5.51. The number of carbonyl (C=O) groups excluding carboxylic acids is 5. The number of nitrogens with one attached hydrogen (secondary N) is 5. The van der Waals surface area contributed by atoms with Gasteiger partial charge in [-0.2, -0.15) is 0 Å². The summed E-state index contributed by atoms with van der Waals surface area (Å²) in [4.78, 5) is 84.3. The fourth-order valence-corrected chi connectivity index (χ4v) is 5.86. The van der Waals surface area contributed by atoms with E-state index in [4.69, 9.17) is 17.2 Å². The predicted octanol–water partition coefficient (Wildman–Crippen LogP) is 0.865. The molecule has 0 unspecified atom stereocenters. The molecule has 0 saturated heterocycles. The van der Waals surface area contributed by atoms with E-state index in [1.165, 1.54) is 0 Å². The highest BCUT2D eigenvalue weighted by molar-refractivity contribution is 5.96. The average Bonchev–Trinajstić information content (AvgIpc) is 3.14. The molecule has 0 spiro atoms. The summed E-state index contributed by atoms with van der Waals surface area (Å²) in [6.07, 6.45) is 1.82. The molecule has 16 nitrogen and oxygen atoms in total. The average molecular weight is 780 g/mol. The van der Waals surface area contributed by atoms with Crippen molar-refractivity contribution in [2.75, 3.05) is 13.1 Å². The number of amides is 5. The van der Waals surface area contributed by atoms with Gasteiger partial charge in [-0.1, -0.05) is 88.4 Å². The lowest BCUT2D eigenvalue weighted by Gasteiger charge is -2.28. The molecule has 2 aromatic rings. The van der Waals surface area contributed by atoms with Crippen molar-refractivity contribution in [2.45, 2.75) is 109 Å². The SMILES string of the molecule is CC(C)CC(=O)N[C@H](C(=O)N[C@@H](CCCN=C(N)N)C(=O)N[C@@H](Cc1ccccc1)C(=O)N[C@@H](Cc1ccccc1)C(=O)N[C@@H](CCCCN)C(=O)O)C(C)C. The molecule has 2 rings (SSSR count). The van der Waals surface area contributed by atoms with Crippen molar-refractivity contribution in [3.63, 3.8) is 0 Å². The van der Waals surface area contributed by atoms with E-state index in [2.05, 4.69) is 31.6 Å². The number of hydrogen-bond acceptors (Lipinski definition) is 8. The molecule has 16 heteroatoms. The highest BCUT2D eigenvalue weighted by Crippen LogP contribution is 2.11. The monoisotopic (exact) mass is 779 g/mol. The van der Waals surface area contributed by atoms with Crippen LogP contribution in [0.2, 0.25) is 0 Å². The van der Waals surface area contributed by atoms with Crippen molar-refractivity contribution in [3.05, 3.63) is 71.8 Å². The fourth-order valence-electron chi connectivity index (χ4n) is 5.86. The summed E-state index contributed by atoms with van der Waals surface area (Å²) in [6.45, 7) is 7.85. The minimum atomic E-state index is -1.24. The van der Waals surface area contributed by atoms with Gasteiger partial charge < -0.3 is 48.9 Å². The Labute approximate surface area is 329 Å². The molecule has 5 atom stereocenters. The highest BCUT2D eigenvalue weighted by atomic mass is 16.4. The van der Waals surface area contributed by atoms with Gasteiger partial charge in [0.05, 0.1) is 0 Å². The van der Waals surface area contributed by atoms with E-state index in [1.807, 2.05) is 13.8 Å². The van der Waals surface area contributed by atoms with Crippen molar-refractivity contribution < 1.29 is 33.9 Å². The number of aliphatic imine (C=N–C) groups is 1. The third kappa shape index (κ3) is 17.8. The molecule has 0 aliphatic rings. The van der Waals surface area contributed by atoms with Gasteiger partial charge in [0.25, 0.3) is 0 Å². The molecule has 0 aliphatic heterocycles. The first-order valence-corrected chi connectivity index (χ1v) is 19.2. The van der Waals surface area contributed by atoms with E-state index in [1.54, 1.807) is 74.5 Å². The summed E-state index contributed by atoms with van der Waals surface area (Å²) >= 11 is 0. The third-order valence-electron chi connectivity index (χ3n) is 8.83. The summed E-state index contributed by atoms with van der Waals surface area (Å²) in [5, 5.41) is 23.5. The quantitative estimate of drug-likeness (QED) is 0.0390. The molecule has 2 aromatic carbocycles. The van der Waals surface area contributed by atoms with Crippen LogP contribution >= 0.6 is 0 Å². The lowest BCUT2D eigenvalue weighted by atomic mass is 10.00. The van der Waals surface area contributed by atoms with Crippen LogP contribution < -0.4 is 43.8 Å². The number of nitrogens with zero attached hydrogens (tertiary/aromatic N) is 1. The van der Waals surface area contributed by atoms with Gasteiger partial charge in [0.2, 0.25) is 29.5 Å². The van der Waals surface area contributed by atoms with Gasteiger partial charge in [0.1, 0.15) is 30.2 Å². The van der Waals surface area contributed by atoms with Gasteiger partial charge in [-0.15, -0.1) is 0 Å². The van der Waals surface area contributed by atoms with Crippen LogP contribution in [0.3, 0.4) is 0 Å². The molecule has 56 heavy (non-hydrogen) atoms. The third-order valence-corrected chi connectivity index (χ3v) is 8.83. The molecule has 0 saturated carbocycles. The number of rotatable bonds is 25. The van der Waals surface area contributed by atoms with Gasteiger partial charge in [0, 0.05) is 25.8 Å². The molecular formula is C40H61N9O7. The van der Waals surface area contributed by atoms with Crippen molar-refractivity contribution >= 4 is 41.5 Å². The Balaban J connectivity index is 2.44. The van der Waals surface area contributed by atoms with E-state index in [0.29, 0.717) is 30.5 Å². The Kier molecular flexibility index (Phi) is 20.7. The Bertz CT molecular complexity index is 1580. The number of carbonyl (C=O) groups is 6. The van der Waals surface area contributed by atoms with Gasteiger partial charge in [0.15, 0.2) is 5.96 Å².